The van der Waals surface area contributed by atoms with Gasteiger partial charge in [0.05, 0.1) is 12.3 Å². The number of nitrogens with two attached hydrogens (primary N) is 1. The Balaban J connectivity index is 1.97. The number of anilines is 1. The van der Waals surface area contributed by atoms with E-state index in [1.165, 1.54) is 10.9 Å². The molecule has 0 fully saturated rings. The molecule has 0 amide bonds. The number of halogens is 1. The SMILES string of the molecule is Cc1cc(OCCc2cccs2)c(N)cc1F. The van der Waals surface area contributed by atoms with Crippen LogP contribution in [0.1, 0.15) is 10.4 Å². The Bertz CT molecular complexity index is 496. The lowest BCUT2D eigenvalue weighted by Gasteiger charge is -2.09. The van der Waals surface area contributed by atoms with E-state index in [1.807, 2.05) is 11.4 Å². The number of nitrogen functional groups attached to an aromatic ring is 1. The number of thiophene rings is 1. The van der Waals surface area contributed by atoms with Gasteiger partial charge in [0.2, 0.25) is 0 Å². The Labute approximate surface area is 104 Å². The van der Waals surface area contributed by atoms with Crippen LogP contribution in [0, 0.1) is 12.7 Å². The van der Waals surface area contributed by atoms with Gasteiger partial charge in [-0.1, -0.05) is 6.07 Å². The number of hydrogen-bond acceptors (Lipinski definition) is 3. The molecule has 0 saturated heterocycles. The minimum atomic E-state index is -0.298. The average molecular weight is 251 g/mol. The molecule has 2 rings (SSSR count). The maximum atomic E-state index is 13.2. The van der Waals surface area contributed by atoms with Crippen molar-refractivity contribution in [3.63, 3.8) is 0 Å². The van der Waals surface area contributed by atoms with Crippen molar-refractivity contribution in [3.8, 4) is 5.75 Å². The fraction of sp³-hybridized carbons (Fsp3) is 0.231. The summed E-state index contributed by atoms with van der Waals surface area (Å²) >= 11 is 1.70. The molecule has 1 aromatic heterocycles. The molecule has 0 saturated carbocycles. The maximum absolute atomic E-state index is 13.2. The van der Waals surface area contributed by atoms with Gasteiger partial charge in [0.1, 0.15) is 11.6 Å². The summed E-state index contributed by atoms with van der Waals surface area (Å²) < 4.78 is 18.7. The second-order valence-electron chi connectivity index (χ2n) is 3.82. The van der Waals surface area contributed by atoms with Gasteiger partial charge in [0.25, 0.3) is 0 Å². The van der Waals surface area contributed by atoms with Crippen molar-refractivity contribution in [1.82, 2.24) is 0 Å². The van der Waals surface area contributed by atoms with Gasteiger partial charge in [-0.3, -0.25) is 0 Å². The smallest absolute Gasteiger partial charge is 0.142 e. The number of ether oxygens (including phenoxy) is 1. The van der Waals surface area contributed by atoms with Gasteiger partial charge in [-0.2, -0.15) is 0 Å². The second kappa shape index (κ2) is 5.19. The molecule has 0 spiro atoms. The first-order valence-corrected chi connectivity index (χ1v) is 6.25. The molecule has 0 radical (unpaired) electrons. The molecular formula is C13H14FNOS. The first-order valence-electron chi connectivity index (χ1n) is 5.37. The Hall–Kier alpha value is -1.55. The van der Waals surface area contributed by atoms with Crippen molar-refractivity contribution in [2.75, 3.05) is 12.3 Å². The van der Waals surface area contributed by atoms with Gasteiger partial charge in [-0.25, -0.2) is 4.39 Å². The summed E-state index contributed by atoms with van der Waals surface area (Å²) in [5.41, 5.74) is 6.58. The summed E-state index contributed by atoms with van der Waals surface area (Å²) in [5, 5.41) is 2.03. The second-order valence-corrected chi connectivity index (χ2v) is 4.85. The minimum absolute atomic E-state index is 0.298. The van der Waals surface area contributed by atoms with E-state index in [2.05, 4.69) is 6.07 Å². The molecule has 0 aliphatic carbocycles. The van der Waals surface area contributed by atoms with Crippen LogP contribution in [-0.2, 0) is 6.42 Å². The number of hydrogen-bond donors (Lipinski definition) is 1. The van der Waals surface area contributed by atoms with Gasteiger partial charge in [0, 0.05) is 17.4 Å². The molecule has 1 heterocycles. The Morgan fingerprint density at radius 3 is 2.94 bits per heavy atom. The standard InChI is InChI=1S/C13H14FNOS/c1-9-7-13(12(15)8-11(9)14)16-5-4-10-3-2-6-17-10/h2-3,6-8H,4-5,15H2,1H3. The largest absolute Gasteiger partial charge is 0.491 e. The van der Waals surface area contributed by atoms with Crippen molar-refractivity contribution in [2.45, 2.75) is 13.3 Å². The molecular weight excluding hydrogens is 237 g/mol. The van der Waals surface area contributed by atoms with Crippen molar-refractivity contribution in [1.29, 1.82) is 0 Å². The molecule has 0 bridgehead atoms. The molecule has 1 aromatic carbocycles. The summed E-state index contributed by atoms with van der Waals surface area (Å²) in [4.78, 5) is 1.27. The lowest BCUT2D eigenvalue weighted by Crippen LogP contribution is -2.03. The zero-order chi connectivity index (χ0) is 12.3. The van der Waals surface area contributed by atoms with Gasteiger partial charge in [-0.15, -0.1) is 11.3 Å². The fourth-order valence-electron chi connectivity index (χ4n) is 1.51. The molecule has 4 heteroatoms. The van der Waals surface area contributed by atoms with Crippen LogP contribution >= 0.6 is 11.3 Å². The number of rotatable bonds is 4. The lowest BCUT2D eigenvalue weighted by molar-refractivity contribution is 0.324. The molecule has 0 unspecified atom stereocenters. The van der Waals surface area contributed by atoms with Gasteiger partial charge in [0.15, 0.2) is 0 Å². The lowest BCUT2D eigenvalue weighted by atomic mass is 10.2. The quantitative estimate of drug-likeness (QED) is 0.845. The normalized spacial score (nSPS) is 10.5. The Kier molecular flexibility index (Phi) is 3.64. The highest BCUT2D eigenvalue weighted by atomic mass is 32.1. The fourth-order valence-corrected chi connectivity index (χ4v) is 2.20. The highest BCUT2D eigenvalue weighted by Gasteiger charge is 2.06. The molecule has 17 heavy (non-hydrogen) atoms. The average Bonchev–Trinajstić information content (AvgIpc) is 2.78. The van der Waals surface area contributed by atoms with Crippen molar-refractivity contribution in [3.05, 3.63) is 45.9 Å². The summed E-state index contributed by atoms with van der Waals surface area (Å²) in [5.74, 6) is 0.258. The third-order valence-electron chi connectivity index (χ3n) is 2.48. The van der Waals surface area contributed by atoms with E-state index in [9.17, 15) is 4.39 Å². The van der Waals surface area contributed by atoms with E-state index < -0.39 is 0 Å². The Morgan fingerprint density at radius 1 is 1.41 bits per heavy atom. The monoisotopic (exact) mass is 251 g/mol. The van der Waals surface area contributed by atoms with Crippen LogP contribution in [0.3, 0.4) is 0 Å². The van der Waals surface area contributed by atoms with Gasteiger partial charge < -0.3 is 10.5 Å². The van der Waals surface area contributed by atoms with E-state index in [0.717, 1.165) is 6.42 Å². The van der Waals surface area contributed by atoms with Gasteiger partial charge in [-0.05, 0) is 30.0 Å². The highest BCUT2D eigenvalue weighted by Crippen LogP contribution is 2.25. The van der Waals surface area contributed by atoms with E-state index in [1.54, 1.807) is 24.3 Å². The summed E-state index contributed by atoms with van der Waals surface area (Å²) in [6.07, 6.45) is 0.841. The summed E-state index contributed by atoms with van der Waals surface area (Å²) in [7, 11) is 0. The van der Waals surface area contributed by atoms with Crippen LogP contribution in [0.5, 0.6) is 5.75 Å². The van der Waals surface area contributed by atoms with Gasteiger partial charge >= 0.3 is 0 Å². The zero-order valence-electron chi connectivity index (χ0n) is 9.57. The van der Waals surface area contributed by atoms with Crippen molar-refractivity contribution < 1.29 is 9.13 Å². The molecule has 0 aliphatic rings. The van der Waals surface area contributed by atoms with Crippen molar-refractivity contribution >= 4 is 17.0 Å². The number of aryl methyl sites for hydroxylation is 1. The van der Waals surface area contributed by atoms with Crippen LogP contribution in [0.4, 0.5) is 10.1 Å². The highest BCUT2D eigenvalue weighted by molar-refractivity contribution is 7.09. The molecule has 2 aromatic rings. The summed E-state index contributed by atoms with van der Waals surface area (Å²) in [6, 6.07) is 7.01. The van der Waals surface area contributed by atoms with Crippen LogP contribution in [-0.4, -0.2) is 6.61 Å². The van der Waals surface area contributed by atoms with Crippen LogP contribution in [0.25, 0.3) is 0 Å². The van der Waals surface area contributed by atoms with Crippen LogP contribution in [0.2, 0.25) is 0 Å². The molecule has 2 nitrogen and oxygen atoms in total. The van der Waals surface area contributed by atoms with Crippen LogP contribution in [0.15, 0.2) is 29.6 Å². The predicted molar refractivity (Wildman–Crippen MR) is 69.1 cm³/mol. The third-order valence-corrected chi connectivity index (χ3v) is 3.41. The first-order chi connectivity index (χ1) is 8.16. The Morgan fingerprint density at radius 2 is 2.24 bits per heavy atom. The van der Waals surface area contributed by atoms with E-state index in [4.69, 9.17) is 10.5 Å². The van der Waals surface area contributed by atoms with E-state index in [0.29, 0.717) is 23.6 Å². The summed E-state index contributed by atoms with van der Waals surface area (Å²) in [6.45, 7) is 2.25. The topological polar surface area (TPSA) is 35.2 Å². The van der Waals surface area contributed by atoms with E-state index in [-0.39, 0.29) is 5.82 Å². The van der Waals surface area contributed by atoms with Crippen molar-refractivity contribution in [2.24, 2.45) is 0 Å². The zero-order valence-corrected chi connectivity index (χ0v) is 10.4. The minimum Gasteiger partial charge on any atom is -0.491 e. The third kappa shape index (κ3) is 2.97. The molecule has 90 valence electrons. The maximum Gasteiger partial charge on any atom is 0.142 e. The van der Waals surface area contributed by atoms with Crippen LogP contribution < -0.4 is 10.5 Å². The molecule has 0 aliphatic heterocycles. The molecule has 0 atom stereocenters. The van der Waals surface area contributed by atoms with E-state index >= 15 is 0 Å². The first kappa shape index (κ1) is 11.9. The number of benzene rings is 1. The molecule has 2 N–H and O–H groups in total. The predicted octanol–water partition coefficient (Wildman–Crippen LogP) is 3.40.